The number of benzene rings is 2. The molecule has 4 nitrogen and oxygen atoms in total. The van der Waals surface area contributed by atoms with Gasteiger partial charge in [-0.3, -0.25) is 0 Å². The van der Waals surface area contributed by atoms with Gasteiger partial charge >= 0.3 is 11.9 Å². The Balaban J connectivity index is 1.95. The van der Waals surface area contributed by atoms with Crippen LogP contribution in [0.5, 0.6) is 0 Å². The van der Waals surface area contributed by atoms with Crippen LogP contribution in [0.2, 0.25) is 0 Å². The molecule has 2 aromatic carbocycles. The van der Waals surface area contributed by atoms with E-state index in [1.54, 1.807) is 24.3 Å². The van der Waals surface area contributed by atoms with Crippen LogP contribution in [0.15, 0.2) is 48.5 Å². The standard InChI is InChI=1S/C18H17IO4/c1-2-11-22-17(20)13-7-9-14(10-8-13)18(21)23-12-15-5-3-4-6-16(15)19/h3-10H,2,11-12H2,1H3. The third kappa shape index (κ3) is 5.06. The first kappa shape index (κ1) is 17.5. The molecule has 0 atom stereocenters. The Morgan fingerprint density at radius 2 is 1.48 bits per heavy atom. The molecule has 2 rings (SSSR count). The first-order chi connectivity index (χ1) is 11.1. The van der Waals surface area contributed by atoms with E-state index in [0.717, 1.165) is 15.6 Å². The van der Waals surface area contributed by atoms with Gasteiger partial charge in [0.2, 0.25) is 0 Å². The van der Waals surface area contributed by atoms with E-state index in [0.29, 0.717) is 17.7 Å². The predicted octanol–water partition coefficient (Wildman–Crippen LogP) is 4.22. The molecule has 0 saturated heterocycles. The fourth-order valence-electron chi connectivity index (χ4n) is 1.86. The Hall–Kier alpha value is -1.89. The number of carbonyl (C=O) groups excluding carboxylic acids is 2. The summed E-state index contributed by atoms with van der Waals surface area (Å²) in [5.41, 5.74) is 1.79. The van der Waals surface area contributed by atoms with E-state index in [-0.39, 0.29) is 12.6 Å². The summed E-state index contributed by atoms with van der Waals surface area (Å²) in [5, 5.41) is 0. The van der Waals surface area contributed by atoms with Crippen molar-refractivity contribution in [2.24, 2.45) is 0 Å². The van der Waals surface area contributed by atoms with Gasteiger partial charge in [-0.05, 0) is 59.3 Å². The average molecular weight is 424 g/mol. The van der Waals surface area contributed by atoms with Crippen LogP contribution in [0, 0.1) is 3.57 Å². The normalized spacial score (nSPS) is 10.2. The second-order valence-corrected chi connectivity index (χ2v) is 6.04. The highest BCUT2D eigenvalue weighted by Gasteiger charge is 2.11. The summed E-state index contributed by atoms with van der Waals surface area (Å²) in [7, 11) is 0. The molecule has 0 radical (unpaired) electrons. The van der Waals surface area contributed by atoms with E-state index in [9.17, 15) is 9.59 Å². The number of ether oxygens (including phenoxy) is 2. The predicted molar refractivity (Wildman–Crippen MR) is 95.3 cm³/mol. The highest BCUT2D eigenvalue weighted by atomic mass is 127. The number of rotatable bonds is 6. The number of halogens is 1. The van der Waals surface area contributed by atoms with Crippen molar-refractivity contribution in [1.82, 2.24) is 0 Å². The quantitative estimate of drug-likeness (QED) is 0.515. The zero-order valence-corrected chi connectivity index (χ0v) is 14.9. The molecule has 0 unspecified atom stereocenters. The van der Waals surface area contributed by atoms with Gasteiger partial charge in [0.05, 0.1) is 17.7 Å². The molecule has 0 aromatic heterocycles. The van der Waals surface area contributed by atoms with Crippen molar-refractivity contribution in [3.63, 3.8) is 0 Å². The number of esters is 2. The van der Waals surface area contributed by atoms with Gasteiger partial charge in [-0.15, -0.1) is 0 Å². The van der Waals surface area contributed by atoms with Crippen molar-refractivity contribution in [3.8, 4) is 0 Å². The summed E-state index contributed by atoms with van der Waals surface area (Å²) >= 11 is 2.20. The minimum Gasteiger partial charge on any atom is -0.462 e. The molecule has 23 heavy (non-hydrogen) atoms. The lowest BCUT2D eigenvalue weighted by Gasteiger charge is -2.07. The Morgan fingerprint density at radius 3 is 2.04 bits per heavy atom. The monoisotopic (exact) mass is 424 g/mol. The van der Waals surface area contributed by atoms with Crippen LogP contribution in [-0.4, -0.2) is 18.5 Å². The molecule has 0 heterocycles. The lowest BCUT2D eigenvalue weighted by Crippen LogP contribution is -2.08. The Labute approximate surface area is 148 Å². The van der Waals surface area contributed by atoms with Gasteiger partial charge in [0, 0.05) is 9.13 Å². The number of hydrogen-bond donors (Lipinski definition) is 0. The molecule has 2 aromatic rings. The van der Waals surface area contributed by atoms with Crippen LogP contribution in [0.4, 0.5) is 0 Å². The van der Waals surface area contributed by atoms with E-state index < -0.39 is 5.97 Å². The van der Waals surface area contributed by atoms with Gasteiger partial charge in [0.15, 0.2) is 0 Å². The third-order valence-electron chi connectivity index (χ3n) is 3.11. The van der Waals surface area contributed by atoms with Crippen molar-refractivity contribution >= 4 is 34.5 Å². The minimum absolute atomic E-state index is 0.220. The SMILES string of the molecule is CCCOC(=O)c1ccc(C(=O)OCc2ccccc2I)cc1. The van der Waals surface area contributed by atoms with E-state index in [1.807, 2.05) is 31.2 Å². The first-order valence-electron chi connectivity index (χ1n) is 7.29. The van der Waals surface area contributed by atoms with Crippen molar-refractivity contribution in [1.29, 1.82) is 0 Å². The van der Waals surface area contributed by atoms with Gasteiger partial charge < -0.3 is 9.47 Å². The summed E-state index contributed by atoms with van der Waals surface area (Å²) in [6, 6.07) is 14.0. The maximum Gasteiger partial charge on any atom is 0.338 e. The summed E-state index contributed by atoms with van der Waals surface area (Å²) in [6.07, 6.45) is 0.772. The largest absolute Gasteiger partial charge is 0.462 e. The van der Waals surface area contributed by atoms with Gasteiger partial charge in [-0.2, -0.15) is 0 Å². The smallest absolute Gasteiger partial charge is 0.338 e. The van der Waals surface area contributed by atoms with E-state index in [4.69, 9.17) is 9.47 Å². The van der Waals surface area contributed by atoms with E-state index >= 15 is 0 Å². The minimum atomic E-state index is -0.418. The molecule has 0 N–H and O–H groups in total. The van der Waals surface area contributed by atoms with Crippen LogP contribution in [-0.2, 0) is 16.1 Å². The lowest BCUT2D eigenvalue weighted by molar-refractivity contribution is 0.0466. The zero-order chi connectivity index (χ0) is 16.7. The molecule has 0 aliphatic carbocycles. The molecule has 0 aliphatic rings. The van der Waals surface area contributed by atoms with Crippen LogP contribution >= 0.6 is 22.6 Å². The second-order valence-electron chi connectivity index (χ2n) is 4.88. The molecule has 5 heteroatoms. The summed E-state index contributed by atoms with van der Waals surface area (Å²) in [5.74, 6) is -0.802. The molecular weight excluding hydrogens is 407 g/mol. The summed E-state index contributed by atoms with van der Waals surface area (Å²) in [6.45, 7) is 2.54. The Kier molecular flexibility index (Phi) is 6.58. The second kappa shape index (κ2) is 8.67. The van der Waals surface area contributed by atoms with Crippen molar-refractivity contribution < 1.29 is 19.1 Å². The van der Waals surface area contributed by atoms with Gasteiger partial charge in [-0.1, -0.05) is 25.1 Å². The fraction of sp³-hybridized carbons (Fsp3) is 0.222. The topological polar surface area (TPSA) is 52.6 Å². The molecule has 0 amide bonds. The lowest BCUT2D eigenvalue weighted by atomic mass is 10.1. The molecule has 0 bridgehead atoms. The maximum absolute atomic E-state index is 12.0. The zero-order valence-electron chi connectivity index (χ0n) is 12.8. The molecule has 0 spiro atoms. The number of hydrogen-bond acceptors (Lipinski definition) is 4. The van der Waals surface area contributed by atoms with Crippen LogP contribution in [0.3, 0.4) is 0 Å². The first-order valence-corrected chi connectivity index (χ1v) is 8.37. The Bertz CT molecular complexity index is 680. The van der Waals surface area contributed by atoms with E-state index in [2.05, 4.69) is 22.6 Å². The van der Waals surface area contributed by atoms with Crippen molar-refractivity contribution in [2.45, 2.75) is 20.0 Å². The highest BCUT2D eigenvalue weighted by molar-refractivity contribution is 14.1. The van der Waals surface area contributed by atoms with Crippen LogP contribution in [0.1, 0.15) is 39.6 Å². The van der Waals surface area contributed by atoms with Crippen LogP contribution < -0.4 is 0 Å². The van der Waals surface area contributed by atoms with Crippen molar-refractivity contribution in [3.05, 3.63) is 68.8 Å². The molecule has 0 aliphatic heterocycles. The molecule has 120 valence electrons. The van der Waals surface area contributed by atoms with Crippen molar-refractivity contribution in [2.75, 3.05) is 6.61 Å². The maximum atomic E-state index is 12.0. The molecular formula is C18H17IO4. The summed E-state index contributed by atoms with van der Waals surface area (Å²) in [4.78, 5) is 23.7. The van der Waals surface area contributed by atoms with Gasteiger partial charge in [0.1, 0.15) is 6.61 Å². The van der Waals surface area contributed by atoms with Gasteiger partial charge in [0.25, 0.3) is 0 Å². The molecule has 0 saturated carbocycles. The number of carbonyl (C=O) groups is 2. The Morgan fingerprint density at radius 1 is 0.913 bits per heavy atom. The summed E-state index contributed by atoms with van der Waals surface area (Å²) < 4.78 is 11.4. The van der Waals surface area contributed by atoms with E-state index in [1.165, 1.54) is 0 Å². The molecule has 0 fully saturated rings. The average Bonchev–Trinajstić information content (AvgIpc) is 2.59. The van der Waals surface area contributed by atoms with Gasteiger partial charge in [-0.25, -0.2) is 9.59 Å². The fourth-order valence-corrected chi connectivity index (χ4v) is 2.41. The van der Waals surface area contributed by atoms with Crippen LogP contribution in [0.25, 0.3) is 0 Å². The third-order valence-corrected chi connectivity index (χ3v) is 4.16. The highest BCUT2D eigenvalue weighted by Crippen LogP contribution is 2.14.